The van der Waals surface area contributed by atoms with Gasteiger partial charge in [-0.05, 0) is 18.9 Å². The van der Waals surface area contributed by atoms with Gasteiger partial charge in [-0.15, -0.1) is 0 Å². The normalized spacial score (nSPS) is 18.6. The minimum Gasteiger partial charge on any atom is -0.224 e. The molecule has 0 saturated heterocycles. The monoisotopic (exact) mass is 289 g/mol. The van der Waals surface area contributed by atoms with Gasteiger partial charge in [0.1, 0.15) is 10.3 Å². The van der Waals surface area contributed by atoms with E-state index in [1.54, 1.807) is 0 Å². The molecule has 88 valence electrons. The summed E-state index contributed by atoms with van der Waals surface area (Å²) in [5.74, 6) is 0. The Kier molecular flexibility index (Phi) is 2.80. The maximum atomic E-state index is 12.9. The van der Waals surface area contributed by atoms with Crippen molar-refractivity contribution in [3.05, 3.63) is 27.0 Å². The summed E-state index contributed by atoms with van der Waals surface area (Å²) >= 11 is 17.0. The van der Waals surface area contributed by atoms with Gasteiger partial charge < -0.3 is 0 Å². The molecule has 1 nitrogen and oxygen atoms in total. The highest BCUT2D eigenvalue weighted by Crippen LogP contribution is 2.61. The van der Waals surface area contributed by atoms with Crippen LogP contribution in [0, 0.1) is 0 Å². The molecule has 0 radical (unpaired) electrons. The zero-order chi connectivity index (χ0) is 12.1. The van der Waals surface area contributed by atoms with Crippen molar-refractivity contribution in [2.45, 2.75) is 24.4 Å². The Morgan fingerprint density at radius 2 is 1.75 bits per heavy atom. The number of halogens is 6. The highest BCUT2D eigenvalue weighted by atomic mass is 35.5. The Morgan fingerprint density at radius 1 is 1.19 bits per heavy atom. The van der Waals surface area contributed by atoms with Gasteiger partial charge >= 0.3 is 6.18 Å². The van der Waals surface area contributed by atoms with Gasteiger partial charge in [-0.25, -0.2) is 4.98 Å². The highest BCUT2D eigenvalue weighted by Gasteiger charge is 2.65. The van der Waals surface area contributed by atoms with E-state index < -0.39 is 11.6 Å². The fourth-order valence-corrected chi connectivity index (χ4v) is 2.77. The van der Waals surface area contributed by atoms with Crippen LogP contribution >= 0.6 is 34.8 Å². The van der Waals surface area contributed by atoms with Crippen molar-refractivity contribution in [3.8, 4) is 0 Å². The van der Waals surface area contributed by atoms with E-state index in [-0.39, 0.29) is 33.7 Å². The maximum absolute atomic E-state index is 12.9. The van der Waals surface area contributed by atoms with Crippen LogP contribution in [0.15, 0.2) is 6.07 Å². The first-order chi connectivity index (χ1) is 7.28. The lowest BCUT2D eigenvalue weighted by atomic mass is 9.97. The van der Waals surface area contributed by atoms with Crippen molar-refractivity contribution in [3.63, 3.8) is 0 Å². The first-order valence-electron chi connectivity index (χ1n) is 4.37. The lowest BCUT2D eigenvalue weighted by Gasteiger charge is -2.21. The molecule has 1 aliphatic rings. The van der Waals surface area contributed by atoms with E-state index in [9.17, 15) is 13.2 Å². The Labute approximate surface area is 105 Å². The zero-order valence-electron chi connectivity index (χ0n) is 7.71. The number of alkyl halides is 3. The van der Waals surface area contributed by atoms with E-state index in [4.69, 9.17) is 34.8 Å². The second-order valence-electron chi connectivity index (χ2n) is 3.67. The molecule has 0 aromatic carbocycles. The van der Waals surface area contributed by atoms with Crippen molar-refractivity contribution < 1.29 is 13.2 Å². The predicted octanol–water partition coefficient (Wildman–Crippen LogP) is 4.64. The van der Waals surface area contributed by atoms with Crippen molar-refractivity contribution in [1.82, 2.24) is 4.98 Å². The molecular weight excluding hydrogens is 285 g/mol. The molecule has 1 aromatic heterocycles. The van der Waals surface area contributed by atoms with Gasteiger partial charge in [0.15, 0.2) is 0 Å². The first-order valence-corrected chi connectivity index (χ1v) is 5.50. The summed E-state index contributed by atoms with van der Waals surface area (Å²) in [7, 11) is 0. The number of aromatic nitrogens is 1. The highest BCUT2D eigenvalue weighted by molar-refractivity contribution is 6.38. The van der Waals surface area contributed by atoms with Crippen LogP contribution in [0.2, 0.25) is 15.3 Å². The van der Waals surface area contributed by atoms with Crippen LogP contribution in [-0.4, -0.2) is 11.2 Å². The van der Waals surface area contributed by atoms with E-state index in [0.717, 1.165) is 0 Å². The Bertz CT molecular complexity index is 417. The second-order valence-corrected chi connectivity index (χ2v) is 4.82. The van der Waals surface area contributed by atoms with Crippen LogP contribution < -0.4 is 0 Å². The van der Waals surface area contributed by atoms with Gasteiger partial charge in [0.05, 0.1) is 10.4 Å². The molecule has 0 atom stereocenters. The van der Waals surface area contributed by atoms with Crippen molar-refractivity contribution in [1.29, 1.82) is 0 Å². The second kappa shape index (κ2) is 3.65. The predicted molar refractivity (Wildman–Crippen MR) is 56.2 cm³/mol. The van der Waals surface area contributed by atoms with E-state index in [0.29, 0.717) is 0 Å². The molecular formula is C9H5Cl3F3N. The number of pyridine rings is 1. The van der Waals surface area contributed by atoms with E-state index in [1.165, 1.54) is 6.07 Å². The van der Waals surface area contributed by atoms with Crippen molar-refractivity contribution in [2.75, 3.05) is 0 Å². The molecule has 0 amide bonds. The van der Waals surface area contributed by atoms with Crippen molar-refractivity contribution in [2.24, 2.45) is 0 Å². The summed E-state index contributed by atoms with van der Waals surface area (Å²) in [6.07, 6.45) is -4.39. The molecule has 1 aromatic rings. The molecule has 1 saturated carbocycles. The van der Waals surface area contributed by atoms with Crippen LogP contribution in [0.25, 0.3) is 0 Å². The van der Waals surface area contributed by atoms with E-state index >= 15 is 0 Å². The largest absolute Gasteiger partial charge is 0.398 e. The van der Waals surface area contributed by atoms with Crippen LogP contribution in [0.4, 0.5) is 13.2 Å². The molecule has 0 bridgehead atoms. The summed E-state index contributed by atoms with van der Waals surface area (Å²) in [4.78, 5) is 3.60. The van der Waals surface area contributed by atoms with E-state index in [2.05, 4.69) is 4.98 Å². The Balaban J connectivity index is 2.58. The molecule has 2 rings (SSSR count). The zero-order valence-corrected chi connectivity index (χ0v) is 9.97. The topological polar surface area (TPSA) is 12.9 Å². The van der Waals surface area contributed by atoms with Crippen LogP contribution in [0.1, 0.15) is 18.4 Å². The molecule has 0 aliphatic heterocycles. The lowest BCUT2D eigenvalue weighted by molar-refractivity contribution is -0.160. The minimum atomic E-state index is -4.37. The van der Waals surface area contributed by atoms with Crippen LogP contribution in [0.5, 0.6) is 0 Å². The summed E-state index contributed by atoms with van der Waals surface area (Å²) in [5, 5.41) is -0.371. The minimum absolute atomic E-state index is 0.0146. The smallest absolute Gasteiger partial charge is 0.224 e. The Morgan fingerprint density at radius 3 is 2.12 bits per heavy atom. The maximum Gasteiger partial charge on any atom is 0.398 e. The number of hydrogen-bond donors (Lipinski definition) is 0. The molecule has 0 N–H and O–H groups in total. The number of hydrogen-bond acceptors (Lipinski definition) is 1. The van der Waals surface area contributed by atoms with Crippen molar-refractivity contribution >= 4 is 34.8 Å². The average Bonchev–Trinajstić information content (AvgIpc) is 2.81. The Hall–Kier alpha value is -0.190. The van der Waals surface area contributed by atoms with Gasteiger partial charge in [0.2, 0.25) is 0 Å². The summed E-state index contributed by atoms with van der Waals surface area (Å²) in [5.41, 5.74) is -2.09. The third-order valence-electron chi connectivity index (χ3n) is 2.67. The summed E-state index contributed by atoms with van der Waals surface area (Å²) < 4.78 is 38.6. The third-order valence-corrected chi connectivity index (χ3v) is 3.43. The van der Waals surface area contributed by atoms with Crippen LogP contribution in [-0.2, 0) is 5.41 Å². The van der Waals surface area contributed by atoms with Gasteiger partial charge in [0, 0.05) is 5.56 Å². The quantitative estimate of drug-likeness (QED) is 0.687. The fourth-order valence-electron chi connectivity index (χ4n) is 1.68. The molecule has 1 fully saturated rings. The molecule has 1 aliphatic carbocycles. The molecule has 0 spiro atoms. The number of rotatable bonds is 1. The van der Waals surface area contributed by atoms with Gasteiger partial charge in [0.25, 0.3) is 0 Å². The molecule has 7 heteroatoms. The molecule has 16 heavy (non-hydrogen) atoms. The van der Waals surface area contributed by atoms with Gasteiger partial charge in [-0.3, -0.25) is 0 Å². The summed E-state index contributed by atoms with van der Waals surface area (Å²) in [6, 6.07) is 1.18. The first kappa shape index (κ1) is 12.3. The average molecular weight is 290 g/mol. The SMILES string of the molecule is FC(F)(F)C1(c2c(Cl)cc(Cl)nc2Cl)CC1. The summed E-state index contributed by atoms with van der Waals surface area (Å²) in [6.45, 7) is 0. The lowest BCUT2D eigenvalue weighted by Crippen LogP contribution is -2.29. The molecule has 1 heterocycles. The van der Waals surface area contributed by atoms with Gasteiger partial charge in [-0.1, -0.05) is 34.8 Å². The number of nitrogens with zero attached hydrogens (tertiary/aromatic N) is 1. The third kappa shape index (κ3) is 1.77. The standard InChI is InChI=1S/C9H5Cl3F3N/c10-4-3-5(11)16-7(12)6(4)8(1-2-8)9(13,14)15/h3H,1-2H2. The molecule has 0 unspecified atom stereocenters. The van der Waals surface area contributed by atoms with Crippen LogP contribution in [0.3, 0.4) is 0 Å². The van der Waals surface area contributed by atoms with Gasteiger partial charge in [-0.2, -0.15) is 13.2 Å². The van der Waals surface area contributed by atoms with E-state index in [1.807, 2.05) is 0 Å². The fraction of sp³-hybridized carbons (Fsp3) is 0.444.